The minimum atomic E-state index is -0.542. The molecule has 0 fully saturated rings. The lowest BCUT2D eigenvalue weighted by atomic mass is 9.87. The van der Waals surface area contributed by atoms with E-state index in [1.165, 1.54) is 0 Å². The van der Waals surface area contributed by atoms with Gasteiger partial charge in [-0.2, -0.15) is 0 Å². The third-order valence-corrected chi connectivity index (χ3v) is 3.60. The molecular weight excluding hydrogens is 306 g/mol. The van der Waals surface area contributed by atoms with E-state index in [0.29, 0.717) is 18.8 Å². The lowest BCUT2D eigenvalue weighted by Gasteiger charge is -2.27. The maximum absolute atomic E-state index is 11.9. The number of alkyl carbamates (subject to hydrolysis) is 1. The molecule has 0 aliphatic heterocycles. The maximum atomic E-state index is 11.9. The summed E-state index contributed by atoms with van der Waals surface area (Å²) in [6.07, 6.45) is 1.36. The smallest absolute Gasteiger partial charge is 0.407 e. The van der Waals surface area contributed by atoms with E-state index < -0.39 is 17.1 Å². The zero-order chi connectivity index (χ0) is 17.8. The summed E-state index contributed by atoms with van der Waals surface area (Å²) in [6.45, 7) is 8.02. The van der Waals surface area contributed by atoms with Crippen molar-refractivity contribution >= 4 is 6.09 Å². The number of carbonyl (C=O) groups excluding carboxylic acids is 1. The second kappa shape index (κ2) is 7.00. The number of ether oxygens (including phenoxy) is 1. The third-order valence-electron chi connectivity index (χ3n) is 3.60. The maximum Gasteiger partial charge on any atom is 0.407 e. The first-order valence-corrected chi connectivity index (χ1v) is 7.89. The second-order valence-electron chi connectivity index (χ2n) is 7.00. The lowest BCUT2D eigenvalue weighted by molar-refractivity contribution is 0.0516. The Morgan fingerprint density at radius 3 is 2.50 bits per heavy atom. The number of nitrogens with two attached hydrogens (primary N) is 1. The van der Waals surface area contributed by atoms with Gasteiger partial charge in [0.25, 0.3) is 0 Å². The molecule has 7 heteroatoms. The van der Waals surface area contributed by atoms with Gasteiger partial charge in [0.05, 0.1) is 17.6 Å². The summed E-state index contributed by atoms with van der Waals surface area (Å²) < 4.78 is 6.95. The van der Waals surface area contributed by atoms with E-state index in [9.17, 15) is 4.79 Å². The van der Waals surface area contributed by atoms with Gasteiger partial charge in [-0.15, -0.1) is 5.10 Å². The number of hydrogen-bond acceptors (Lipinski definition) is 5. The highest BCUT2D eigenvalue weighted by atomic mass is 16.6. The Labute approximate surface area is 142 Å². The average molecular weight is 331 g/mol. The first kappa shape index (κ1) is 17.9. The molecule has 130 valence electrons. The monoisotopic (exact) mass is 331 g/mol. The molecule has 1 aromatic carbocycles. The Bertz CT molecular complexity index is 678. The van der Waals surface area contributed by atoms with Crippen molar-refractivity contribution in [1.29, 1.82) is 0 Å². The molecule has 1 amide bonds. The normalized spacial score (nSPS) is 14.0. The molecule has 1 aromatic heterocycles. The van der Waals surface area contributed by atoms with Crippen molar-refractivity contribution in [3.63, 3.8) is 0 Å². The van der Waals surface area contributed by atoms with Gasteiger partial charge in [-0.25, -0.2) is 9.48 Å². The second-order valence-corrected chi connectivity index (χ2v) is 7.00. The van der Waals surface area contributed by atoms with Crippen molar-refractivity contribution in [1.82, 2.24) is 20.3 Å². The number of nitrogens with zero attached hydrogens (tertiary/aromatic N) is 3. The molecule has 7 nitrogen and oxygen atoms in total. The largest absolute Gasteiger partial charge is 0.444 e. The summed E-state index contributed by atoms with van der Waals surface area (Å²) in [4.78, 5) is 11.9. The fraction of sp³-hybridized carbons (Fsp3) is 0.471. The van der Waals surface area contributed by atoms with Crippen LogP contribution >= 0.6 is 0 Å². The van der Waals surface area contributed by atoms with Gasteiger partial charge in [0.1, 0.15) is 5.60 Å². The summed E-state index contributed by atoms with van der Waals surface area (Å²) in [7, 11) is 0. The third kappa shape index (κ3) is 4.55. The van der Waals surface area contributed by atoms with Crippen molar-refractivity contribution < 1.29 is 9.53 Å². The van der Waals surface area contributed by atoms with E-state index in [1.54, 1.807) is 4.68 Å². The first-order valence-electron chi connectivity index (χ1n) is 7.89. The van der Waals surface area contributed by atoms with Crippen LogP contribution in [-0.4, -0.2) is 39.8 Å². The zero-order valence-electron chi connectivity index (χ0n) is 14.6. The van der Waals surface area contributed by atoms with Gasteiger partial charge in [-0.1, -0.05) is 30.3 Å². The highest BCUT2D eigenvalue weighted by Crippen LogP contribution is 2.20. The lowest BCUT2D eigenvalue weighted by Crippen LogP contribution is -2.45. The van der Waals surface area contributed by atoms with Gasteiger partial charge in [-0.3, -0.25) is 0 Å². The van der Waals surface area contributed by atoms with Crippen LogP contribution in [0.3, 0.4) is 0 Å². The predicted octanol–water partition coefficient (Wildman–Crippen LogP) is 2.01. The van der Waals surface area contributed by atoms with Crippen LogP contribution in [0.15, 0.2) is 36.5 Å². The topological polar surface area (TPSA) is 95.1 Å². The summed E-state index contributed by atoms with van der Waals surface area (Å²) in [5, 5.41) is 11.1. The van der Waals surface area contributed by atoms with Gasteiger partial charge < -0.3 is 15.8 Å². The van der Waals surface area contributed by atoms with Crippen molar-refractivity contribution in [3.8, 4) is 5.69 Å². The molecule has 1 unspecified atom stereocenters. The number of amides is 1. The Morgan fingerprint density at radius 1 is 1.25 bits per heavy atom. The Kier molecular flexibility index (Phi) is 5.23. The first-order chi connectivity index (χ1) is 11.2. The molecule has 0 spiro atoms. The van der Waals surface area contributed by atoms with Gasteiger partial charge in [-0.05, 0) is 32.9 Å². The molecule has 0 aliphatic carbocycles. The van der Waals surface area contributed by atoms with Crippen LogP contribution in [0.5, 0.6) is 0 Å². The highest BCUT2D eigenvalue weighted by molar-refractivity contribution is 5.67. The molecule has 0 bridgehead atoms. The van der Waals surface area contributed by atoms with Crippen LogP contribution in [0.4, 0.5) is 4.79 Å². The summed E-state index contributed by atoms with van der Waals surface area (Å²) in [5.74, 6) is 0. The molecule has 0 aliphatic rings. The molecule has 0 saturated carbocycles. The Hall–Kier alpha value is -2.41. The van der Waals surface area contributed by atoms with Crippen LogP contribution in [0.2, 0.25) is 0 Å². The highest BCUT2D eigenvalue weighted by Gasteiger charge is 2.30. The fourth-order valence-electron chi connectivity index (χ4n) is 2.10. The Morgan fingerprint density at radius 2 is 1.92 bits per heavy atom. The zero-order valence-corrected chi connectivity index (χ0v) is 14.6. The number of benzene rings is 1. The number of rotatable bonds is 5. The fourth-order valence-corrected chi connectivity index (χ4v) is 2.10. The van der Waals surface area contributed by atoms with Crippen LogP contribution in [0, 0.1) is 0 Å². The van der Waals surface area contributed by atoms with E-state index in [4.69, 9.17) is 10.5 Å². The number of hydrogen-bond donors (Lipinski definition) is 2. The van der Waals surface area contributed by atoms with E-state index in [-0.39, 0.29) is 0 Å². The molecule has 1 heterocycles. The predicted molar refractivity (Wildman–Crippen MR) is 92.0 cm³/mol. The minimum Gasteiger partial charge on any atom is -0.444 e. The van der Waals surface area contributed by atoms with E-state index >= 15 is 0 Å². The molecular formula is C17H25N5O2. The van der Waals surface area contributed by atoms with Crippen molar-refractivity contribution in [2.24, 2.45) is 5.73 Å². The number of aromatic nitrogens is 3. The van der Waals surface area contributed by atoms with E-state index in [2.05, 4.69) is 15.6 Å². The molecule has 2 rings (SSSR count). The quantitative estimate of drug-likeness (QED) is 0.874. The van der Waals surface area contributed by atoms with Gasteiger partial charge >= 0.3 is 6.09 Å². The van der Waals surface area contributed by atoms with E-state index in [1.807, 2.05) is 64.2 Å². The summed E-state index contributed by atoms with van der Waals surface area (Å²) in [6, 6.07) is 9.69. The standard InChI is InChI=1S/C17H25N5O2/c1-16(2,3)24-15(23)19-12-17(4,11-18)14-10-22(21-20-14)13-8-6-5-7-9-13/h5-10H,11-12,18H2,1-4H3,(H,19,23). The molecule has 2 aromatic rings. The molecule has 0 saturated heterocycles. The summed E-state index contributed by atoms with van der Waals surface area (Å²) in [5.41, 5.74) is 6.48. The average Bonchev–Trinajstić information content (AvgIpc) is 3.02. The van der Waals surface area contributed by atoms with Crippen molar-refractivity contribution in [2.75, 3.05) is 13.1 Å². The van der Waals surface area contributed by atoms with E-state index in [0.717, 1.165) is 5.69 Å². The van der Waals surface area contributed by atoms with Gasteiger partial charge in [0.2, 0.25) is 0 Å². The number of carbonyl (C=O) groups is 1. The SMILES string of the molecule is CC(C)(C)OC(=O)NCC(C)(CN)c1cn(-c2ccccc2)nn1. The number of para-hydroxylation sites is 1. The van der Waals surface area contributed by atoms with Crippen LogP contribution in [0.1, 0.15) is 33.4 Å². The van der Waals surface area contributed by atoms with Crippen molar-refractivity contribution in [2.45, 2.75) is 38.7 Å². The van der Waals surface area contributed by atoms with Gasteiger partial charge in [0.15, 0.2) is 0 Å². The van der Waals surface area contributed by atoms with Crippen LogP contribution in [-0.2, 0) is 10.2 Å². The van der Waals surface area contributed by atoms with Crippen LogP contribution in [0.25, 0.3) is 5.69 Å². The number of nitrogens with one attached hydrogen (secondary N) is 1. The minimum absolute atomic E-state index is 0.311. The van der Waals surface area contributed by atoms with Gasteiger partial charge in [0, 0.05) is 18.5 Å². The molecule has 24 heavy (non-hydrogen) atoms. The Balaban J connectivity index is 2.09. The summed E-state index contributed by atoms with van der Waals surface area (Å²) >= 11 is 0. The van der Waals surface area contributed by atoms with Crippen molar-refractivity contribution in [3.05, 3.63) is 42.2 Å². The molecule has 0 radical (unpaired) electrons. The molecule has 1 atom stereocenters. The van der Waals surface area contributed by atoms with Crippen LogP contribution < -0.4 is 11.1 Å². The molecule has 3 N–H and O–H groups in total.